The van der Waals surface area contributed by atoms with Crippen LogP contribution in [0.3, 0.4) is 0 Å². The summed E-state index contributed by atoms with van der Waals surface area (Å²) in [5.41, 5.74) is 8.78. The van der Waals surface area contributed by atoms with Crippen molar-refractivity contribution in [3.05, 3.63) is 52.6 Å². The fourth-order valence-electron chi connectivity index (χ4n) is 4.53. The fourth-order valence-corrected chi connectivity index (χ4v) is 4.53. The van der Waals surface area contributed by atoms with Gasteiger partial charge in [0, 0.05) is 30.6 Å². The van der Waals surface area contributed by atoms with Crippen LogP contribution in [-0.2, 0) is 4.74 Å². The van der Waals surface area contributed by atoms with Gasteiger partial charge in [-0.1, -0.05) is 18.2 Å². The summed E-state index contributed by atoms with van der Waals surface area (Å²) >= 11 is 0. The number of aromatic amines is 2. The molecular formula is C24H27FN6O2. The minimum absolute atomic E-state index is 0.0167. The lowest BCUT2D eigenvalue weighted by Gasteiger charge is -2.40. The van der Waals surface area contributed by atoms with Gasteiger partial charge in [0.25, 0.3) is 5.56 Å². The molecule has 8 nitrogen and oxygen atoms in total. The third-order valence-electron chi connectivity index (χ3n) is 6.13. The highest BCUT2D eigenvalue weighted by Crippen LogP contribution is 2.32. The summed E-state index contributed by atoms with van der Waals surface area (Å²) in [6.45, 7) is 3.87. The van der Waals surface area contributed by atoms with Gasteiger partial charge < -0.3 is 30.2 Å². The van der Waals surface area contributed by atoms with E-state index >= 15 is 4.39 Å². The van der Waals surface area contributed by atoms with Gasteiger partial charge in [-0.25, -0.2) is 9.37 Å². The standard InChI is InChI=1S/C24H27FN6O2/c1-13-12-33-14(10-30(2)3)11-31(13)20-9-19-18(8-16(20)25)27-23(28-19)21-22(26)15-6-4-5-7-17(15)29-24(21)32/h4-9,13-14H,10-12H2,1-3H3,(H,27,28)(H3,26,29,32)/t13-,14+/m0/s1. The SMILES string of the molecule is C[C@H]1CO[C@H](CN(C)C)CN1c1cc2nc(-c3c(N)c4ccccc4[nH]c3=O)[nH]c2cc1F. The fraction of sp³-hybridized carbons (Fsp3) is 0.333. The Labute approximate surface area is 190 Å². The second-order valence-corrected chi connectivity index (χ2v) is 8.91. The Morgan fingerprint density at radius 2 is 2.03 bits per heavy atom. The number of likely N-dealkylation sites (N-methyl/N-ethyl adjacent to an activating group) is 1. The summed E-state index contributed by atoms with van der Waals surface area (Å²) in [5, 5.41) is 0.730. The third-order valence-corrected chi connectivity index (χ3v) is 6.13. The Morgan fingerprint density at radius 1 is 1.24 bits per heavy atom. The van der Waals surface area contributed by atoms with E-state index in [9.17, 15) is 4.79 Å². The number of halogens is 1. The van der Waals surface area contributed by atoms with Crippen molar-refractivity contribution in [3.63, 3.8) is 0 Å². The average Bonchev–Trinajstić information content (AvgIpc) is 3.16. The lowest BCUT2D eigenvalue weighted by atomic mass is 10.1. The number of nitrogen functional groups attached to an aromatic ring is 1. The molecule has 0 aliphatic carbocycles. The number of morpholine rings is 1. The summed E-state index contributed by atoms with van der Waals surface area (Å²) in [7, 11) is 3.98. The molecule has 5 rings (SSSR count). The summed E-state index contributed by atoms with van der Waals surface area (Å²) in [6, 6.07) is 10.5. The zero-order valence-electron chi connectivity index (χ0n) is 18.9. The molecule has 33 heavy (non-hydrogen) atoms. The molecule has 1 aliphatic rings. The van der Waals surface area contributed by atoms with Crippen LogP contribution in [0, 0.1) is 5.82 Å². The van der Waals surface area contributed by atoms with Crippen LogP contribution in [0.5, 0.6) is 0 Å². The highest BCUT2D eigenvalue weighted by Gasteiger charge is 2.29. The lowest BCUT2D eigenvalue weighted by Crippen LogP contribution is -2.51. The van der Waals surface area contributed by atoms with Crippen LogP contribution < -0.4 is 16.2 Å². The second kappa shape index (κ2) is 8.17. The first-order valence-electron chi connectivity index (χ1n) is 10.9. The van der Waals surface area contributed by atoms with Gasteiger partial charge in [0.2, 0.25) is 0 Å². The predicted octanol–water partition coefficient (Wildman–Crippen LogP) is 2.95. The molecule has 0 unspecified atom stereocenters. The molecule has 0 amide bonds. The van der Waals surface area contributed by atoms with E-state index in [0.29, 0.717) is 46.9 Å². The van der Waals surface area contributed by atoms with Crippen molar-refractivity contribution in [2.24, 2.45) is 0 Å². The number of aromatic nitrogens is 3. The third kappa shape index (κ3) is 3.83. The van der Waals surface area contributed by atoms with E-state index in [1.807, 2.05) is 44.1 Å². The highest BCUT2D eigenvalue weighted by molar-refractivity contribution is 5.97. The number of benzene rings is 2. The van der Waals surface area contributed by atoms with Gasteiger partial charge in [-0.3, -0.25) is 4.79 Å². The molecule has 172 valence electrons. The maximum atomic E-state index is 15.2. The van der Waals surface area contributed by atoms with Crippen LogP contribution in [0.25, 0.3) is 33.3 Å². The quantitative estimate of drug-likeness (QED) is 0.442. The number of H-pyrrole nitrogens is 2. The minimum Gasteiger partial charge on any atom is -0.397 e. The highest BCUT2D eigenvalue weighted by atomic mass is 19.1. The molecule has 1 saturated heterocycles. The van der Waals surface area contributed by atoms with Gasteiger partial charge in [0.15, 0.2) is 0 Å². The zero-order chi connectivity index (χ0) is 23.3. The van der Waals surface area contributed by atoms with Crippen LogP contribution in [0.4, 0.5) is 15.8 Å². The molecule has 2 aromatic carbocycles. The van der Waals surface area contributed by atoms with E-state index in [-0.39, 0.29) is 29.1 Å². The van der Waals surface area contributed by atoms with E-state index < -0.39 is 0 Å². The van der Waals surface area contributed by atoms with Crippen LogP contribution in [0.2, 0.25) is 0 Å². The molecule has 0 bridgehead atoms. The van der Waals surface area contributed by atoms with Gasteiger partial charge in [-0.15, -0.1) is 0 Å². The Balaban J connectivity index is 1.57. The average molecular weight is 451 g/mol. The minimum atomic E-state index is -0.351. The number of nitrogens with one attached hydrogen (secondary N) is 2. The van der Waals surface area contributed by atoms with Gasteiger partial charge in [-0.05, 0) is 33.2 Å². The lowest BCUT2D eigenvalue weighted by molar-refractivity contribution is 0.00859. The molecule has 0 spiro atoms. The van der Waals surface area contributed by atoms with Crippen molar-refractivity contribution in [3.8, 4) is 11.4 Å². The normalized spacial score (nSPS) is 19.1. The van der Waals surface area contributed by atoms with Crippen molar-refractivity contribution in [2.45, 2.75) is 19.1 Å². The number of nitrogens with two attached hydrogens (primary N) is 1. The summed E-state index contributed by atoms with van der Waals surface area (Å²) in [4.78, 5) is 27.4. The summed E-state index contributed by atoms with van der Waals surface area (Å²) in [5.74, 6) is -0.0398. The molecule has 2 aromatic heterocycles. The first-order valence-corrected chi connectivity index (χ1v) is 10.9. The second-order valence-electron chi connectivity index (χ2n) is 8.91. The Hall–Kier alpha value is -3.43. The monoisotopic (exact) mass is 450 g/mol. The Morgan fingerprint density at radius 3 is 2.82 bits per heavy atom. The van der Waals surface area contributed by atoms with Crippen LogP contribution >= 0.6 is 0 Å². The Kier molecular flexibility index (Phi) is 5.30. The molecule has 0 radical (unpaired) electrons. The molecule has 3 heterocycles. The number of anilines is 2. The maximum absolute atomic E-state index is 15.2. The molecule has 1 aliphatic heterocycles. The number of hydrogen-bond acceptors (Lipinski definition) is 6. The maximum Gasteiger partial charge on any atom is 0.261 e. The molecule has 4 N–H and O–H groups in total. The number of nitrogens with zero attached hydrogens (tertiary/aromatic N) is 3. The van der Waals surface area contributed by atoms with Crippen molar-refractivity contribution in [2.75, 3.05) is 44.4 Å². The van der Waals surface area contributed by atoms with Crippen LogP contribution in [-0.4, -0.2) is 65.8 Å². The molecular weight excluding hydrogens is 423 g/mol. The van der Waals surface area contributed by atoms with Crippen LogP contribution in [0.15, 0.2) is 41.2 Å². The molecule has 9 heteroatoms. The van der Waals surface area contributed by atoms with Gasteiger partial charge >= 0.3 is 0 Å². The van der Waals surface area contributed by atoms with Crippen molar-refractivity contribution in [1.29, 1.82) is 0 Å². The van der Waals surface area contributed by atoms with Crippen molar-refractivity contribution in [1.82, 2.24) is 19.9 Å². The number of imidazole rings is 1. The van der Waals surface area contributed by atoms with E-state index in [1.54, 1.807) is 12.1 Å². The van der Waals surface area contributed by atoms with Gasteiger partial charge in [0.1, 0.15) is 17.2 Å². The number of ether oxygens (including phenoxy) is 1. The number of para-hydroxylation sites is 1. The summed E-state index contributed by atoms with van der Waals surface area (Å²) < 4.78 is 21.1. The van der Waals surface area contributed by atoms with E-state index in [4.69, 9.17) is 10.5 Å². The molecule has 4 aromatic rings. The largest absolute Gasteiger partial charge is 0.397 e. The first kappa shape index (κ1) is 21.4. The van der Waals surface area contributed by atoms with Crippen molar-refractivity contribution >= 4 is 33.3 Å². The molecule has 0 saturated carbocycles. The van der Waals surface area contributed by atoms with Crippen molar-refractivity contribution < 1.29 is 9.13 Å². The Bertz CT molecular complexity index is 1400. The molecule has 2 atom stereocenters. The number of rotatable bonds is 4. The van der Waals surface area contributed by atoms with E-state index in [2.05, 4.69) is 19.9 Å². The predicted molar refractivity (Wildman–Crippen MR) is 129 cm³/mol. The van der Waals surface area contributed by atoms with Gasteiger partial charge in [-0.2, -0.15) is 0 Å². The number of hydrogen-bond donors (Lipinski definition) is 3. The summed E-state index contributed by atoms with van der Waals surface area (Å²) in [6.07, 6.45) is -0.0167. The molecule has 1 fully saturated rings. The zero-order valence-corrected chi connectivity index (χ0v) is 18.9. The van der Waals surface area contributed by atoms with E-state index in [1.165, 1.54) is 6.07 Å². The number of fused-ring (bicyclic) bond motifs is 2. The number of pyridine rings is 1. The van der Waals surface area contributed by atoms with Crippen LogP contribution in [0.1, 0.15) is 6.92 Å². The topological polar surface area (TPSA) is 103 Å². The smallest absolute Gasteiger partial charge is 0.261 e. The van der Waals surface area contributed by atoms with Gasteiger partial charge in [0.05, 0.1) is 40.6 Å². The van der Waals surface area contributed by atoms with E-state index in [0.717, 1.165) is 11.9 Å². The first-order chi connectivity index (χ1) is 15.8.